The van der Waals surface area contributed by atoms with E-state index >= 15 is 0 Å². The van der Waals surface area contributed by atoms with Crippen LogP contribution >= 0.6 is 46.3 Å². The molecule has 0 atom stereocenters. The summed E-state index contributed by atoms with van der Waals surface area (Å²) in [4.78, 5) is 12.1. The number of hydrogen-bond donors (Lipinski definition) is 1. The quantitative estimate of drug-likeness (QED) is 0.438. The number of hydrogen-bond acceptors (Lipinski definition) is 7. The lowest BCUT2D eigenvalue weighted by molar-refractivity contribution is -0.116. The summed E-state index contributed by atoms with van der Waals surface area (Å²) in [6.07, 6.45) is 1.51. The zero-order valence-electron chi connectivity index (χ0n) is 14.6. The molecule has 0 aliphatic heterocycles. The van der Waals surface area contributed by atoms with Gasteiger partial charge in [-0.3, -0.25) is 9.10 Å². The number of rotatable bonds is 9. The Morgan fingerprint density at radius 1 is 1.33 bits per heavy atom. The van der Waals surface area contributed by atoms with E-state index in [9.17, 15) is 13.2 Å². The second kappa shape index (κ2) is 9.92. The molecule has 7 nitrogen and oxygen atoms in total. The van der Waals surface area contributed by atoms with Crippen LogP contribution in [0, 0.1) is 0 Å². The molecule has 2 aromatic rings. The molecule has 1 N–H and O–H groups in total. The standard InChI is InChI=1S/C15H18Cl2N4O3S3/c1-3-25-15-20-19-14(26-15)18-13(22)5-4-8-21(27(2,23)24)12-9-10(16)6-7-11(12)17/h6-7,9H,3-5,8H2,1-2H3,(H,18,19,22). The van der Waals surface area contributed by atoms with Crippen LogP contribution in [0.2, 0.25) is 10.0 Å². The smallest absolute Gasteiger partial charge is 0.232 e. The topological polar surface area (TPSA) is 92.3 Å². The van der Waals surface area contributed by atoms with Gasteiger partial charge in [0.15, 0.2) is 4.34 Å². The van der Waals surface area contributed by atoms with Crippen molar-refractivity contribution < 1.29 is 13.2 Å². The first-order valence-electron chi connectivity index (χ1n) is 7.89. The van der Waals surface area contributed by atoms with Gasteiger partial charge in [-0.15, -0.1) is 10.2 Å². The number of anilines is 2. The highest BCUT2D eigenvalue weighted by molar-refractivity contribution is 8.01. The van der Waals surface area contributed by atoms with Gasteiger partial charge in [0.1, 0.15) is 0 Å². The Hall–Kier alpha value is -1.07. The average Bonchev–Trinajstić information content (AvgIpc) is 3.00. The van der Waals surface area contributed by atoms with Crippen molar-refractivity contribution in [1.29, 1.82) is 0 Å². The molecule has 0 fully saturated rings. The molecule has 0 saturated carbocycles. The first-order valence-corrected chi connectivity index (χ1v) is 12.3. The van der Waals surface area contributed by atoms with Crippen LogP contribution in [0.25, 0.3) is 0 Å². The Morgan fingerprint density at radius 2 is 2.07 bits per heavy atom. The first-order chi connectivity index (χ1) is 12.7. The van der Waals surface area contributed by atoms with Gasteiger partial charge in [0.25, 0.3) is 0 Å². The minimum Gasteiger partial charge on any atom is -0.301 e. The van der Waals surface area contributed by atoms with Crippen molar-refractivity contribution in [2.24, 2.45) is 0 Å². The fourth-order valence-electron chi connectivity index (χ4n) is 2.15. The molecule has 27 heavy (non-hydrogen) atoms. The van der Waals surface area contributed by atoms with E-state index in [0.717, 1.165) is 20.7 Å². The predicted octanol–water partition coefficient (Wildman–Crippen LogP) is 4.14. The molecule has 0 radical (unpaired) electrons. The molecule has 0 aliphatic carbocycles. The molecular weight excluding hydrogens is 451 g/mol. The third kappa shape index (κ3) is 6.79. The summed E-state index contributed by atoms with van der Waals surface area (Å²) >= 11 is 14.9. The van der Waals surface area contributed by atoms with Gasteiger partial charge in [-0.1, -0.05) is 53.2 Å². The minimum atomic E-state index is -3.58. The van der Waals surface area contributed by atoms with Crippen LogP contribution in [0.3, 0.4) is 0 Å². The van der Waals surface area contributed by atoms with E-state index in [-0.39, 0.29) is 29.6 Å². The fourth-order valence-corrected chi connectivity index (χ4v) is 5.22. The van der Waals surface area contributed by atoms with E-state index in [0.29, 0.717) is 16.6 Å². The van der Waals surface area contributed by atoms with Crippen LogP contribution in [-0.4, -0.2) is 43.1 Å². The molecule has 1 amide bonds. The molecule has 12 heteroatoms. The highest BCUT2D eigenvalue weighted by atomic mass is 35.5. The van der Waals surface area contributed by atoms with Gasteiger partial charge in [-0.2, -0.15) is 0 Å². The number of amides is 1. The molecule has 2 rings (SSSR count). The van der Waals surface area contributed by atoms with Crippen molar-refractivity contribution >= 4 is 73.0 Å². The lowest BCUT2D eigenvalue weighted by atomic mass is 10.2. The Bertz CT molecular complexity index is 905. The molecule has 0 saturated heterocycles. The van der Waals surface area contributed by atoms with Crippen LogP contribution in [0.5, 0.6) is 0 Å². The molecule has 1 aromatic heterocycles. The van der Waals surface area contributed by atoms with Crippen LogP contribution in [0.15, 0.2) is 22.5 Å². The number of carbonyl (C=O) groups is 1. The van der Waals surface area contributed by atoms with Gasteiger partial charge >= 0.3 is 0 Å². The fraction of sp³-hybridized carbons (Fsp3) is 0.400. The van der Waals surface area contributed by atoms with Crippen LogP contribution in [0.1, 0.15) is 19.8 Å². The van der Waals surface area contributed by atoms with Crippen molar-refractivity contribution in [3.63, 3.8) is 0 Å². The number of nitrogens with one attached hydrogen (secondary N) is 1. The third-order valence-corrected chi connectivity index (χ3v) is 6.85. The Kier molecular flexibility index (Phi) is 8.17. The maximum atomic E-state index is 12.1. The molecule has 148 valence electrons. The normalized spacial score (nSPS) is 11.4. The number of aromatic nitrogens is 2. The maximum absolute atomic E-state index is 12.1. The van der Waals surface area contributed by atoms with Crippen LogP contribution in [0.4, 0.5) is 10.8 Å². The van der Waals surface area contributed by atoms with E-state index in [1.165, 1.54) is 23.5 Å². The highest BCUT2D eigenvalue weighted by Gasteiger charge is 2.20. The summed E-state index contributed by atoms with van der Waals surface area (Å²) in [6.45, 7) is 2.10. The van der Waals surface area contributed by atoms with Gasteiger partial charge in [0.05, 0.1) is 17.0 Å². The van der Waals surface area contributed by atoms with E-state index in [2.05, 4.69) is 15.5 Å². The molecule has 0 spiro atoms. The summed E-state index contributed by atoms with van der Waals surface area (Å²) in [7, 11) is -3.58. The second-order valence-electron chi connectivity index (χ2n) is 5.39. The Balaban J connectivity index is 1.97. The lowest BCUT2D eigenvalue weighted by Gasteiger charge is -2.23. The van der Waals surface area contributed by atoms with E-state index in [1.54, 1.807) is 17.8 Å². The maximum Gasteiger partial charge on any atom is 0.232 e. The van der Waals surface area contributed by atoms with Crippen molar-refractivity contribution in [3.8, 4) is 0 Å². The number of benzene rings is 1. The summed E-state index contributed by atoms with van der Waals surface area (Å²) in [5.74, 6) is 0.612. The third-order valence-electron chi connectivity index (χ3n) is 3.26. The molecular formula is C15H18Cl2N4O3S3. The zero-order chi connectivity index (χ0) is 20.0. The van der Waals surface area contributed by atoms with Crippen molar-refractivity contribution in [2.45, 2.75) is 24.1 Å². The first kappa shape index (κ1) is 22.2. The van der Waals surface area contributed by atoms with Crippen molar-refractivity contribution in [1.82, 2.24) is 10.2 Å². The number of carbonyl (C=O) groups excluding carboxylic acids is 1. The van der Waals surface area contributed by atoms with Crippen LogP contribution in [-0.2, 0) is 14.8 Å². The largest absolute Gasteiger partial charge is 0.301 e. The summed E-state index contributed by atoms with van der Waals surface area (Å²) in [5.41, 5.74) is 0.289. The van der Waals surface area contributed by atoms with Crippen molar-refractivity contribution in [3.05, 3.63) is 28.2 Å². The van der Waals surface area contributed by atoms with Gasteiger partial charge in [0.2, 0.25) is 21.1 Å². The Labute approximate surface area is 176 Å². The lowest BCUT2D eigenvalue weighted by Crippen LogP contribution is -2.31. The number of sulfonamides is 1. The van der Waals surface area contributed by atoms with E-state index in [1.807, 2.05) is 6.92 Å². The van der Waals surface area contributed by atoms with Gasteiger partial charge < -0.3 is 5.32 Å². The van der Waals surface area contributed by atoms with E-state index in [4.69, 9.17) is 23.2 Å². The van der Waals surface area contributed by atoms with Crippen LogP contribution < -0.4 is 9.62 Å². The predicted molar refractivity (Wildman–Crippen MR) is 113 cm³/mol. The second-order valence-corrected chi connectivity index (χ2v) is 10.6. The summed E-state index contributed by atoms with van der Waals surface area (Å²) in [6, 6.07) is 4.60. The molecule has 0 aliphatic rings. The molecule has 0 bridgehead atoms. The number of thioether (sulfide) groups is 1. The molecule has 1 heterocycles. The van der Waals surface area contributed by atoms with Gasteiger partial charge in [-0.25, -0.2) is 8.42 Å². The van der Waals surface area contributed by atoms with Gasteiger partial charge in [0, 0.05) is 18.0 Å². The zero-order valence-corrected chi connectivity index (χ0v) is 18.6. The monoisotopic (exact) mass is 468 g/mol. The minimum absolute atomic E-state index is 0.0966. The average molecular weight is 469 g/mol. The number of halogens is 2. The van der Waals surface area contributed by atoms with Gasteiger partial charge in [-0.05, 0) is 30.4 Å². The molecule has 0 unspecified atom stereocenters. The van der Waals surface area contributed by atoms with Crippen molar-refractivity contribution in [2.75, 3.05) is 28.2 Å². The highest BCUT2D eigenvalue weighted by Crippen LogP contribution is 2.31. The Morgan fingerprint density at radius 3 is 2.74 bits per heavy atom. The SMILES string of the molecule is CCSc1nnc(NC(=O)CCCN(c2cc(Cl)ccc2Cl)S(C)(=O)=O)s1. The number of nitrogens with zero attached hydrogens (tertiary/aromatic N) is 3. The van der Waals surface area contributed by atoms with E-state index < -0.39 is 10.0 Å². The summed E-state index contributed by atoms with van der Waals surface area (Å²) in [5, 5.41) is 11.6. The summed E-state index contributed by atoms with van der Waals surface area (Å²) < 4.78 is 26.2. The molecule has 1 aromatic carbocycles.